The van der Waals surface area contributed by atoms with Gasteiger partial charge in [-0.15, -0.1) is 0 Å². The van der Waals surface area contributed by atoms with E-state index in [9.17, 15) is 12.8 Å². The molecule has 0 spiro atoms. The van der Waals surface area contributed by atoms with Crippen LogP contribution in [0.15, 0.2) is 47.5 Å². The van der Waals surface area contributed by atoms with Crippen molar-refractivity contribution in [1.82, 2.24) is 9.71 Å². The maximum atomic E-state index is 14.2. The van der Waals surface area contributed by atoms with E-state index in [1.54, 1.807) is 26.1 Å². The third kappa shape index (κ3) is 3.27. The summed E-state index contributed by atoms with van der Waals surface area (Å²) in [6, 6.07) is 10.9. The normalized spacial score (nSPS) is 11.8. The molecule has 2 aromatic carbocycles. The smallest absolute Gasteiger partial charge is 0.241 e. The van der Waals surface area contributed by atoms with Crippen LogP contribution in [-0.4, -0.2) is 13.4 Å². The van der Waals surface area contributed by atoms with E-state index < -0.39 is 15.8 Å². The van der Waals surface area contributed by atoms with Gasteiger partial charge in [-0.05, 0) is 43.5 Å². The van der Waals surface area contributed by atoms with Crippen molar-refractivity contribution in [3.8, 4) is 0 Å². The third-order valence-electron chi connectivity index (χ3n) is 4.24. The van der Waals surface area contributed by atoms with Gasteiger partial charge in [0.2, 0.25) is 10.0 Å². The molecule has 1 heterocycles. The van der Waals surface area contributed by atoms with Crippen LogP contribution in [0, 0.1) is 26.6 Å². The number of fused-ring (bicyclic) bond motifs is 1. The van der Waals surface area contributed by atoms with Gasteiger partial charge in [-0.2, -0.15) is 0 Å². The number of hydrogen-bond donors (Lipinski definition) is 1. The van der Waals surface area contributed by atoms with Crippen molar-refractivity contribution in [2.75, 3.05) is 0 Å². The molecule has 130 valence electrons. The number of aryl methyl sites for hydroxylation is 2. The van der Waals surface area contributed by atoms with Gasteiger partial charge < -0.3 is 0 Å². The number of hydrogen-bond acceptors (Lipinski definition) is 3. The molecule has 4 nitrogen and oxygen atoms in total. The first-order chi connectivity index (χ1) is 11.8. The van der Waals surface area contributed by atoms with Crippen LogP contribution in [0.1, 0.15) is 22.3 Å². The molecule has 0 saturated heterocycles. The molecule has 0 aliphatic rings. The maximum absolute atomic E-state index is 14.2. The van der Waals surface area contributed by atoms with Crippen LogP contribution in [0.2, 0.25) is 0 Å². The van der Waals surface area contributed by atoms with E-state index in [0.29, 0.717) is 11.1 Å². The number of para-hydroxylation sites is 1. The number of pyridine rings is 1. The highest BCUT2D eigenvalue weighted by Crippen LogP contribution is 2.25. The molecule has 0 amide bonds. The summed E-state index contributed by atoms with van der Waals surface area (Å²) in [6.45, 7) is 4.88. The van der Waals surface area contributed by atoms with E-state index in [0.717, 1.165) is 16.5 Å². The van der Waals surface area contributed by atoms with Crippen LogP contribution in [-0.2, 0) is 16.6 Å². The fourth-order valence-corrected chi connectivity index (χ4v) is 4.58. The van der Waals surface area contributed by atoms with E-state index >= 15 is 0 Å². The Morgan fingerprint density at radius 3 is 2.56 bits per heavy atom. The zero-order chi connectivity index (χ0) is 18.2. The van der Waals surface area contributed by atoms with Crippen molar-refractivity contribution in [2.24, 2.45) is 0 Å². The lowest BCUT2D eigenvalue weighted by Crippen LogP contribution is -2.25. The Morgan fingerprint density at radius 2 is 1.80 bits per heavy atom. The number of halogens is 1. The van der Waals surface area contributed by atoms with Crippen molar-refractivity contribution < 1.29 is 12.8 Å². The quantitative estimate of drug-likeness (QED) is 0.772. The van der Waals surface area contributed by atoms with Gasteiger partial charge in [0.1, 0.15) is 5.82 Å². The molecule has 3 aromatic rings. The van der Waals surface area contributed by atoms with Crippen molar-refractivity contribution in [2.45, 2.75) is 32.2 Å². The molecular formula is C19H19FN2O2S. The molecule has 25 heavy (non-hydrogen) atoms. The number of rotatable bonds is 4. The van der Waals surface area contributed by atoms with Gasteiger partial charge in [0, 0.05) is 23.7 Å². The minimum Gasteiger partial charge on any atom is -0.256 e. The Labute approximate surface area is 146 Å². The fraction of sp³-hybridized carbons (Fsp3) is 0.211. The molecule has 0 unspecified atom stereocenters. The van der Waals surface area contributed by atoms with Crippen LogP contribution in [0.25, 0.3) is 10.9 Å². The third-order valence-corrected chi connectivity index (χ3v) is 5.93. The SMILES string of the molecule is Cc1cc(C)c(S(=O)(=O)NCc2cccc3cccnc23)c(C)c1F. The van der Waals surface area contributed by atoms with Crippen LogP contribution in [0.3, 0.4) is 0 Å². The van der Waals surface area contributed by atoms with Crippen LogP contribution in [0.5, 0.6) is 0 Å². The van der Waals surface area contributed by atoms with Gasteiger partial charge in [-0.3, -0.25) is 4.98 Å². The summed E-state index contributed by atoms with van der Waals surface area (Å²) < 4.78 is 42.2. The Kier molecular flexibility index (Phi) is 4.58. The van der Waals surface area contributed by atoms with Crippen molar-refractivity contribution >= 4 is 20.9 Å². The molecule has 0 atom stereocenters. The Morgan fingerprint density at radius 1 is 1.08 bits per heavy atom. The Bertz CT molecular complexity index is 1060. The largest absolute Gasteiger partial charge is 0.256 e. The van der Waals surface area contributed by atoms with Crippen molar-refractivity contribution in [1.29, 1.82) is 0 Å². The highest BCUT2D eigenvalue weighted by atomic mass is 32.2. The van der Waals surface area contributed by atoms with Crippen LogP contribution < -0.4 is 4.72 Å². The molecule has 3 rings (SSSR count). The summed E-state index contributed by atoms with van der Waals surface area (Å²) in [5.41, 5.74) is 2.62. The summed E-state index contributed by atoms with van der Waals surface area (Å²) in [5, 5.41) is 0.938. The summed E-state index contributed by atoms with van der Waals surface area (Å²) in [6.07, 6.45) is 1.67. The van der Waals surface area contributed by atoms with E-state index in [1.165, 1.54) is 6.92 Å². The Balaban J connectivity index is 1.97. The lowest BCUT2D eigenvalue weighted by atomic mass is 10.1. The zero-order valence-corrected chi connectivity index (χ0v) is 15.1. The minimum absolute atomic E-state index is 0.00351. The molecule has 1 aromatic heterocycles. The predicted molar refractivity (Wildman–Crippen MR) is 96.4 cm³/mol. The highest BCUT2D eigenvalue weighted by Gasteiger charge is 2.23. The fourth-order valence-electron chi connectivity index (χ4n) is 3.11. The average Bonchev–Trinajstić information content (AvgIpc) is 2.57. The molecule has 0 aliphatic heterocycles. The number of benzene rings is 2. The first-order valence-corrected chi connectivity index (χ1v) is 9.38. The molecule has 6 heteroatoms. The van der Waals surface area contributed by atoms with E-state index in [-0.39, 0.29) is 17.0 Å². The predicted octanol–water partition coefficient (Wildman–Crippen LogP) is 3.78. The molecule has 0 saturated carbocycles. The summed E-state index contributed by atoms with van der Waals surface area (Å²) >= 11 is 0. The molecule has 1 N–H and O–H groups in total. The van der Waals surface area contributed by atoms with Crippen molar-refractivity contribution in [3.05, 3.63) is 70.7 Å². The Hall–Kier alpha value is -2.31. The molecular weight excluding hydrogens is 339 g/mol. The lowest BCUT2D eigenvalue weighted by Gasteiger charge is -2.14. The van der Waals surface area contributed by atoms with Gasteiger partial charge in [0.15, 0.2) is 0 Å². The van der Waals surface area contributed by atoms with E-state index in [1.807, 2.05) is 30.3 Å². The van der Waals surface area contributed by atoms with Gasteiger partial charge in [0.05, 0.1) is 10.4 Å². The van der Waals surface area contributed by atoms with Gasteiger partial charge in [-0.1, -0.05) is 30.3 Å². The molecule has 0 radical (unpaired) electrons. The standard InChI is InChI=1S/C19H19FN2O2S/c1-12-10-13(2)19(14(3)17(12)20)25(23,24)22-11-16-7-4-6-15-8-5-9-21-18(15)16/h4-10,22H,11H2,1-3H3. The van der Waals surface area contributed by atoms with E-state index in [4.69, 9.17) is 0 Å². The topological polar surface area (TPSA) is 59.1 Å². The number of nitrogens with zero attached hydrogens (tertiary/aromatic N) is 1. The first kappa shape index (κ1) is 17.5. The van der Waals surface area contributed by atoms with Crippen LogP contribution in [0.4, 0.5) is 4.39 Å². The van der Waals surface area contributed by atoms with Crippen molar-refractivity contribution in [3.63, 3.8) is 0 Å². The second kappa shape index (κ2) is 6.54. The second-order valence-corrected chi connectivity index (χ2v) is 7.80. The first-order valence-electron chi connectivity index (χ1n) is 7.90. The van der Waals surface area contributed by atoms with Gasteiger partial charge in [-0.25, -0.2) is 17.5 Å². The average molecular weight is 358 g/mol. The zero-order valence-electron chi connectivity index (χ0n) is 14.3. The van der Waals surface area contributed by atoms with Gasteiger partial charge >= 0.3 is 0 Å². The monoisotopic (exact) mass is 358 g/mol. The summed E-state index contributed by atoms with van der Waals surface area (Å²) in [4.78, 5) is 4.32. The number of sulfonamides is 1. The molecule has 0 bridgehead atoms. The second-order valence-electron chi connectivity index (χ2n) is 6.10. The highest BCUT2D eigenvalue weighted by molar-refractivity contribution is 7.89. The minimum atomic E-state index is -3.85. The molecule has 0 aliphatic carbocycles. The van der Waals surface area contributed by atoms with Crippen LogP contribution >= 0.6 is 0 Å². The lowest BCUT2D eigenvalue weighted by molar-refractivity contribution is 0.571. The summed E-state index contributed by atoms with van der Waals surface area (Å²) in [5.74, 6) is -0.488. The van der Waals surface area contributed by atoms with Gasteiger partial charge in [0.25, 0.3) is 0 Å². The number of aromatic nitrogens is 1. The van der Waals surface area contributed by atoms with E-state index in [2.05, 4.69) is 9.71 Å². The molecule has 0 fully saturated rings. The summed E-state index contributed by atoms with van der Waals surface area (Å²) in [7, 11) is -3.85. The maximum Gasteiger partial charge on any atom is 0.241 e. The number of nitrogens with one attached hydrogen (secondary N) is 1.